The van der Waals surface area contributed by atoms with Crippen molar-refractivity contribution in [2.45, 2.75) is 0 Å². The highest BCUT2D eigenvalue weighted by Crippen LogP contribution is 2.14. The second-order valence-electron chi connectivity index (χ2n) is 3.89. The Morgan fingerprint density at radius 2 is 1.94 bits per heavy atom. The van der Waals surface area contributed by atoms with Gasteiger partial charge in [0, 0.05) is 12.4 Å². The van der Waals surface area contributed by atoms with E-state index in [9.17, 15) is 10.0 Å². The van der Waals surface area contributed by atoms with Crippen molar-refractivity contribution in [2.75, 3.05) is 7.11 Å². The molecular weight excluding hydrogens is 229 g/mol. The maximum Gasteiger partial charge on any atom is 0.488 e. The SMILES string of the molecule is COc1cc(/C=C/c2cc[nH]c2)cc(B(O)O)c1. The summed E-state index contributed by atoms with van der Waals surface area (Å²) in [7, 11) is 0.0437. The number of nitrogens with one attached hydrogen (secondary N) is 1. The van der Waals surface area contributed by atoms with Gasteiger partial charge in [-0.1, -0.05) is 18.2 Å². The molecule has 2 rings (SSSR count). The van der Waals surface area contributed by atoms with Crippen LogP contribution in [-0.4, -0.2) is 29.3 Å². The zero-order chi connectivity index (χ0) is 13.0. The van der Waals surface area contributed by atoms with E-state index in [4.69, 9.17) is 4.74 Å². The summed E-state index contributed by atoms with van der Waals surface area (Å²) in [6.45, 7) is 0. The lowest BCUT2D eigenvalue weighted by atomic mass is 9.79. The molecule has 0 radical (unpaired) electrons. The van der Waals surface area contributed by atoms with Crippen molar-refractivity contribution >= 4 is 24.7 Å². The van der Waals surface area contributed by atoms with Crippen molar-refractivity contribution in [3.8, 4) is 5.75 Å². The number of benzene rings is 1. The summed E-state index contributed by atoms with van der Waals surface area (Å²) in [5.41, 5.74) is 2.30. The van der Waals surface area contributed by atoms with Crippen LogP contribution in [-0.2, 0) is 0 Å². The predicted molar refractivity (Wildman–Crippen MR) is 72.5 cm³/mol. The van der Waals surface area contributed by atoms with E-state index in [2.05, 4.69) is 4.98 Å². The van der Waals surface area contributed by atoms with Crippen LogP contribution in [0.5, 0.6) is 5.75 Å². The van der Waals surface area contributed by atoms with E-state index < -0.39 is 7.12 Å². The van der Waals surface area contributed by atoms with Gasteiger partial charge in [0.25, 0.3) is 0 Å². The second kappa shape index (κ2) is 5.57. The Bertz CT molecular complexity index is 535. The smallest absolute Gasteiger partial charge is 0.488 e. The molecule has 0 atom stereocenters. The topological polar surface area (TPSA) is 65.5 Å². The molecular formula is C13H14BNO3. The Morgan fingerprint density at radius 3 is 2.56 bits per heavy atom. The third-order valence-electron chi connectivity index (χ3n) is 2.58. The highest BCUT2D eigenvalue weighted by molar-refractivity contribution is 6.58. The van der Waals surface area contributed by atoms with Crippen LogP contribution in [0.4, 0.5) is 0 Å². The van der Waals surface area contributed by atoms with Gasteiger partial charge in [-0.25, -0.2) is 0 Å². The van der Waals surface area contributed by atoms with Gasteiger partial charge < -0.3 is 19.8 Å². The van der Waals surface area contributed by atoms with Crippen LogP contribution in [0.1, 0.15) is 11.1 Å². The lowest BCUT2D eigenvalue weighted by Gasteiger charge is -2.06. The molecule has 3 N–H and O–H groups in total. The van der Waals surface area contributed by atoms with Crippen molar-refractivity contribution in [3.63, 3.8) is 0 Å². The molecule has 2 aromatic rings. The summed E-state index contributed by atoms with van der Waals surface area (Å²) in [5.74, 6) is 0.592. The van der Waals surface area contributed by atoms with Gasteiger partial charge in [-0.15, -0.1) is 0 Å². The van der Waals surface area contributed by atoms with Crippen molar-refractivity contribution in [1.29, 1.82) is 0 Å². The normalized spacial score (nSPS) is 10.8. The molecule has 0 fully saturated rings. The first-order chi connectivity index (χ1) is 8.69. The van der Waals surface area contributed by atoms with E-state index in [0.29, 0.717) is 11.2 Å². The van der Waals surface area contributed by atoms with Crippen LogP contribution in [0.25, 0.3) is 12.2 Å². The fourth-order valence-electron chi connectivity index (χ4n) is 1.64. The van der Waals surface area contributed by atoms with Gasteiger partial charge in [0.15, 0.2) is 0 Å². The van der Waals surface area contributed by atoms with Crippen LogP contribution in [0.2, 0.25) is 0 Å². The standard InChI is InChI=1S/C13H14BNO3/c1-18-13-7-11(6-12(8-13)14(16)17)3-2-10-4-5-15-9-10/h2-9,15-17H,1H3/b3-2+. The molecule has 0 aliphatic carbocycles. The summed E-state index contributed by atoms with van der Waals surface area (Å²) in [6, 6.07) is 7.07. The Kier molecular flexibility index (Phi) is 3.87. The molecule has 1 aromatic carbocycles. The second-order valence-corrected chi connectivity index (χ2v) is 3.89. The molecule has 18 heavy (non-hydrogen) atoms. The van der Waals surface area contributed by atoms with Gasteiger partial charge >= 0.3 is 7.12 Å². The third-order valence-corrected chi connectivity index (χ3v) is 2.58. The van der Waals surface area contributed by atoms with Gasteiger partial charge in [0.1, 0.15) is 5.75 Å². The number of rotatable bonds is 4. The molecule has 0 aliphatic rings. The Morgan fingerprint density at radius 1 is 1.17 bits per heavy atom. The van der Waals surface area contributed by atoms with E-state index in [-0.39, 0.29) is 0 Å². The van der Waals surface area contributed by atoms with E-state index in [1.165, 1.54) is 0 Å². The highest BCUT2D eigenvalue weighted by Gasteiger charge is 2.12. The average Bonchev–Trinajstić information content (AvgIpc) is 2.89. The fraction of sp³-hybridized carbons (Fsp3) is 0.0769. The van der Waals surface area contributed by atoms with Gasteiger partial charge in [0.2, 0.25) is 0 Å². The third kappa shape index (κ3) is 3.03. The van der Waals surface area contributed by atoms with Crippen molar-refractivity contribution in [3.05, 3.63) is 47.8 Å². The number of aromatic amines is 1. The molecule has 0 bridgehead atoms. The van der Waals surface area contributed by atoms with E-state index in [0.717, 1.165) is 11.1 Å². The first kappa shape index (κ1) is 12.5. The van der Waals surface area contributed by atoms with Gasteiger partial charge in [-0.2, -0.15) is 0 Å². The van der Waals surface area contributed by atoms with Crippen molar-refractivity contribution < 1.29 is 14.8 Å². The van der Waals surface area contributed by atoms with Crippen LogP contribution in [0, 0.1) is 0 Å². The number of hydrogen-bond donors (Lipinski definition) is 3. The van der Waals surface area contributed by atoms with Crippen LogP contribution in [0.3, 0.4) is 0 Å². The average molecular weight is 243 g/mol. The van der Waals surface area contributed by atoms with Gasteiger partial charge in [-0.05, 0) is 34.8 Å². The highest BCUT2D eigenvalue weighted by atomic mass is 16.5. The van der Waals surface area contributed by atoms with Crippen LogP contribution in [0.15, 0.2) is 36.7 Å². The molecule has 0 unspecified atom stereocenters. The first-order valence-corrected chi connectivity index (χ1v) is 5.55. The first-order valence-electron chi connectivity index (χ1n) is 5.55. The molecule has 1 heterocycles. The molecule has 4 nitrogen and oxygen atoms in total. The molecule has 1 aromatic heterocycles. The quantitative estimate of drug-likeness (QED) is 0.698. The predicted octanol–water partition coefficient (Wildman–Crippen LogP) is 0.873. The Hall–Kier alpha value is -1.98. The maximum atomic E-state index is 9.19. The number of methoxy groups -OCH3 is 1. The molecule has 0 spiro atoms. The fourth-order valence-corrected chi connectivity index (χ4v) is 1.64. The summed E-state index contributed by atoms with van der Waals surface area (Å²) in [5, 5.41) is 18.4. The lowest BCUT2D eigenvalue weighted by molar-refractivity contribution is 0.412. The van der Waals surface area contributed by atoms with E-state index >= 15 is 0 Å². The minimum atomic E-state index is -1.50. The number of ether oxygens (including phenoxy) is 1. The van der Waals surface area contributed by atoms with E-state index in [1.807, 2.05) is 36.7 Å². The van der Waals surface area contributed by atoms with Gasteiger partial charge in [0.05, 0.1) is 7.11 Å². The summed E-state index contributed by atoms with van der Waals surface area (Å²) in [4.78, 5) is 2.96. The summed E-state index contributed by atoms with van der Waals surface area (Å²) < 4.78 is 5.12. The van der Waals surface area contributed by atoms with Crippen LogP contribution >= 0.6 is 0 Å². The zero-order valence-corrected chi connectivity index (χ0v) is 10.00. The van der Waals surface area contributed by atoms with Crippen LogP contribution < -0.4 is 10.2 Å². The molecule has 0 saturated carbocycles. The number of hydrogen-bond acceptors (Lipinski definition) is 3. The Balaban J connectivity index is 2.29. The van der Waals surface area contributed by atoms with Gasteiger partial charge in [-0.3, -0.25) is 0 Å². The number of H-pyrrole nitrogens is 1. The van der Waals surface area contributed by atoms with E-state index in [1.54, 1.807) is 19.2 Å². The molecule has 92 valence electrons. The zero-order valence-electron chi connectivity index (χ0n) is 10.00. The minimum Gasteiger partial charge on any atom is -0.497 e. The molecule has 0 amide bonds. The molecule has 5 heteroatoms. The maximum absolute atomic E-state index is 9.19. The van der Waals surface area contributed by atoms with Crippen molar-refractivity contribution in [1.82, 2.24) is 4.98 Å². The molecule has 0 saturated heterocycles. The lowest BCUT2D eigenvalue weighted by Crippen LogP contribution is -2.29. The summed E-state index contributed by atoms with van der Waals surface area (Å²) >= 11 is 0. The summed E-state index contributed by atoms with van der Waals surface area (Å²) in [6.07, 6.45) is 7.53. The van der Waals surface area contributed by atoms with Crippen molar-refractivity contribution in [2.24, 2.45) is 0 Å². The minimum absolute atomic E-state index is 0.406. The monoisotopic (exact) mass is 243 g/mol. The molecule has 0 aliphatic heterocycles. The largest absolute Gasteiger partial charge is 0.497 e. The number of aromatic nitrogens is 1. The Labute approximate surface area is 106 Å².